The molecular weight excluding hydrogens is 238 g/mol. The second-order valence-electron chi connectivity index (χ2n) is 3.80. The summed E-state index contributed by atoms with van der Waals surface area (Å²) in [6.07, 6.45) is 1.77. The van der Waals surface area contributed by atoms with Crippen molar-refractivity contribution in [2.75, 3.05) is 27.3 Å². The van der Waals surface area contributed by atoms with E-state index in [-0.39, 0.29) is 11.9 Å². The highest BCUT2D eigenvalue weighted by Crippen LogP contribution is 2.08. The molecule has 0 fully saturated rings. The van der Waals surface area contributed by atoms with Crippen LogP contribution in [0, 0.1) is 0 Å². The molecule has 0 bridgehead atoms. The molecule has 1 aromatic heterocycles. The summed E-state index contributed by atoms with van der Waals surface area (Å²) in [5.41, 5.74) is 0. The monoisotopic (exact) mass is 257 g/mol. The van der Waals surface area contributed by atoms with Crippen LogP contribution in [0.2, 0.25) is 0 Å². The molecule has 0 radical (unpaired) electrons. The Morgan fingerprint density at radius 3 is 3.06 bits per heavy atom. The lowest BCUT2D eigenvalue weighted by molar-refractivity contribution is -0.125. The maximum Gasteiger partial charge on any atom is 0.237 e. The standard InChI is InChI=1S/C11H19N3O2S/c1-9(11(15)13-4-6-16-3)14(2)8-10-12-5-7-17-10/h5,7,9H,4,6,8H2,1-3H3,(H,13,15)/t9-/m0/s1. The molecule has 1 heterocycles. The number of likely N-dealkylation sites (N-methyl/N-ethyl adjacent to an activating group) is 1. The Hall–Kier alpha value is -0.980. The van der Waals surface area contributed by atoms with E-state index in [9.17, 15) is 4.79 Å². The Morgan fingerprint density at radius 2 is 2.47 bits per heavy atom. The molecule has 1 amide bonds. The van der Waals surface area contributed by atoms with Gasteiger partial charge in [-0.1, -0.05) is 0 Å². The van der Waals surface area contributed by atoms with Gasteiger partial charge in [0.2, 0.25) is 5.91 Å². The van der Waals surface area contributed by atoms with Gasteiger partial charge in [-0.25, -0.2) is 4.98 Å². The summed E-state index contributed by atoms with van der Waals surface area (Å²) in [6, 6.07) is -0.171. The molecular formula is C11H19N3O2S. The average Bonchev–Trinajstić information content (AvgIpc) is 2.81. The number of thiazole rings is 1. The topological polar surface area (TPSA) is 54.5 Å². The lowest BCUT2D eigenvalue weighted by Crippen LogP contribution is -2.43. The molecule has 1 N–H and O–H groups in total. The first-order valence-electron chi connectivity index (χ1n) is 5.50. The smallest absolute Gasteiger partial charge is 0.237 e. The van der Waals surface area contributed by atoms with Crippen molar-refractivity contribution in [1.29, 1.82) is 0 Å². The second-order valence-corrected chi connectivity index (χ2v) is 4.78. The highest BCUT2D eigenvalue weighted by Gasteiger charge is 2.18. The van der Waals surface area contributed by atoms with E-state index < -0.39 is 0 Å². The van der Waals surface area contributed by atoms with Gasteiger partial charge >= 0.3 is 0 Å². The Bertz CT molecular complexity index is 329. The van der Waals surface area contributed by atoms with Crippen LogP contribution in [-0.4, -0.2) is 49.1 Å². The minimum Gasteiger partial charge on any atom is -0.383 e. The third-order valence-electron chi connectivity index (χ3n) is 2.51. The zero-order chi connectivity index (χ0) is 12.7. The number of ether oxygens (including phenoxy) is 1. The van der Waals surface area contributed by atoms with Crippen molar-refractivity contribution in [3.63, 3.8) is 0 Å². The fourth-order valence-electron chi connectivity index (χ4n) is 1.31. The van der Waals surface area contributed by atoms with Gasteiger partial charge in [-0.15, -0.1) is 11.3 Å². The van der Waals surface area contributed by atoms with E-state index in [1.54, 1.807) is 24.6 Å². The van der Waals surface area contributed by atoms with Crippen molar-refractivity contribution >= 4 is 17.2 Å². The third-order valence-corrected chi connectivity index (χ3v) is 3.28. The lowest BCUT2D eigenvalue weighted by Gasteiger charge is -2.22. The van der Waals surface area contributed by atoms with Crippen LogP contribution < -0.4 is 5.32 Å². The van der Waals surface area contributed by atoms with Crippen LogP contribution in [0.3, 0.4) is 0 Å². The number of aromatic nitrogens is 1. The number of methoxy groups -OCH3 is 1. The first kappa shape index (κ1) is 14.1. The third kappa shape index (κ3) is 4.80. The molecule has 96 valence electrons. The predicted octanol–water partition coefficient (Wildman–Crippen LogP) is 0.726. The number of nitrogens with zero attached hydrogens (tertiary/aromatic N) is 2. The van der Waals surface area contributed by atoms with Gasteiger partial charge in [0.25, 0.3) is 0 Å². The quantitative estimate of drug-likeness (QED) is 0.732. The number of carbonyl (C=O) groups is 1. The summed E-state index contributed by atoms with van der Waals surface area (Å²) in [7, 11) is 3.53. The van der Waals surface area contributed by atoms with Crippen molar-refractivity contribution in [2.24, 2.45) is 0 Å². The van der Waals surface area contributed by atoms with E-state index in [0.29, 0.717) is 19.7 Å². The first-order chi connectivity index (χ1) is 8.15. The fraction of sp³-hybridized carbons (Fsp3) is 0.636. The Balaban J connectivity index is 2.35. The van der Waals surface area contributed by atoms with Crippen molar-refractivity contribution in [3.8, 4) is 0 Å². The zero-order valence-corrected chi connectivity index (χ0v) is 11.3. The predicted molar refractivity (Wildman–Crippen MR) is 67.9 cm³/mol. The molecule has 0 aromatic carbocycles. The highest BCUT2D eigenvalue weighted by molar-refractivity contribution is 7.09. The normalized spacial score (nSPS) is 12.7. The molecule has 0 saturated heterocycles. The Morgan fingerprint density at radius 1 is 1.71 bits per heavy atom. The first-order valence-corrected chi connectivity index (χ1v) is 6.38. The van der Waals surface area contributed by atoms with Crippen LogP contribution in [0.15, 0.2) is 11.6 Å². The van der Waals surface area contributed by atoms with Crippen LogP contribution in [0.25, 0.3) is 0 Å². The van der Waals surface area contributed by atoms with Crippen LogP contribution in [0.1, 0.15) is 11.9 Å². The van der Waals surface area contributed by atoms with Crippen LogP contribution >= 0.6 is 11.3 Å². The maximum absolute atomic E-state index is 11.8. The van der Waals surface area contributed by atoms with Crippen molar-refractivity contribution in [3.05, 3.63) is 16.6 Å². The van der Waals surface area contributed by atoms with Gasteiger partial charge in [0.1, 0.15) is 5.01 Å². The van der Waals surface area contributed by atoms with Crippen molar-refractivity contribution in [1.82, 2.24) is 15.2 Å². The molecule has 5 nitrogen and oxygen atoms in total. The Labute approximate surface area is 106 Å². The lowest BCUT2D eigenvalue weighted by atomic mass is 10.3. The number of carbonyl (C=O) groups excluding carboxylic acids is 1. The molecule has 6 heteroatoms. The summed E-state index contributed by atoms with van der Waals surface area (Å²) in [5, 5.41) is 5.78. The minimum atomic E-state index is -0.171. The summed E-state index contributed by atoms with van der Waals surface area (Å²) >= 11 is 1.60. The van der Waals surface area contributed by atoms with E-state index >= 15 is 0 Å². The van der Waals surface area contributed by atoms with Crippen LogP contribution in [-0.2, 0) is 16.1 Å². The summed E-state index contributed by atoms with van der Waals surface area (Å²) < 4.78 is 4.88. The molecule has 0 unspecified atom stereocenters. The van der Waals surface area contributed by atoms with E-state index in [1.165, 1.54) is 0 Å². The van der Waals surface area contributed by atoms with E-state index in [2.05, 4.69) is 10.3 Å². The maximum atomic E-state index is 11.8. The van der Waals surface area contributed by atoms with Crippen molar-refractivity contribution in [2.45, 2.75) is 19.5 Å². The van der Waals surface area contributed by atoms with E-state index in [4.69, 9.17) is 4.74 Å². The molecule has 1 rings (SSSR count). The van der Waals surface area contributed by atoms with Gasteiger partial charge in [-0.2, -0.15) is 0 Å². The number of hydrogen-bond acceptors (Lipinski definition) is 5. The SMILES string of the molecule is COCCNC(=O)[C@H](C)N(C)Cc1nccs1. The largest absolute Gasteiger partial charge is 0.383 e. The van der Waals surface area contributed by atoms with Gasteiger partial charge in [0.15, 0.2) is 0 Å². The molecule has 1 atom stereocenters. The molecule has 17 heavy (non-hydrogen) atoms. The number of amides is 1. The molecule has 0 aliphatic heterocycles. The Kier molecular flexibility index (Phi) is 6.10. The molecule has 1 aromatic rings. The molecule has 0 aliphatic rings. The summed E-state index contributed by atoms with van der Waals surface area (Å²) in [5.74, 6) is 0.0149. The van der Waals surface area contributed by atoms with Crippen LogP contribution in [0.4, 0.5) is 0 Å². The number of rotatable bonds is 7. The second kappa shape index (κ2) is 7.37. The van der Waals surface area contributed by atoms with Crippen LogP contribution in [0.5, 0.6) is 0 Å². The number of nitrogens with one attached hydrogen (secondary N) is 1. The summed E-state index contributed by atoms with van der Waals surface area (Å²) in [6.45, 7) is 3.66. The zero-order valence-electron chi connectivity index (χ0n) is 10.5. The molecule has 0 saturated carbocycles. The molecule has 0 spiro atoms. The van der Waals surface area contributed by atoms with E-state index in [0.717, 1.165) is 5.01 Å². The highest BCUT2D eigenvalue weighted by atomic mass is 32.1. The average molecular weight is 257 g/mol. The van der Waals surface area contributed by atoms with Crippen molar-refractivity contribution < 1.29 is 9.53 Å². The van der Waals surface area contributed by atoms with Gasteiger partial charge in [-0.05, 0) is 14.0 Å². The number of hydrogen-bond donors (Lipinski definition) is 1. The van der Waals surface area contributed by atoms with Gasteiger partial charge in [0.05, 0.1) is 19.2 Å². The van der Waals surface area contributed by atoms with Gasteiger partial charge in [-0.3, -0.25) is 9.69 Å². The van der Waals surface area contributed by atoms with Gasteiger partial charge in [0, 0.05) is 25.2 Å². The van der Waals surface area contributed by atoms with Gasteiger partial charge < -0.3 is 10.1 Å². The van der Waals surface area contributed by atoms with E-state index in [1.807, 2.05) is 24.3 Å². The molecule has 0 aliphatic carbocycles. The summed E-state index contributed by atoms with van der Waals surface area (Å²) in [4.78, 5) is 17.9. The fourth-order valence-corrected chi connectivity index (χ4v) is 1.98. The minimum absolute atomic E-state index is 0.0149.